The number of carbonyl (C=O) groups excluding carboxylic acids is 2. The highest BCUT2D eigenvalue weighted by Gasteiger charge is 2.24. The smallest absolute Gasteiger partial charge is 0.274 e. The summed E-state index contributed by atoms with van der Waals surface area (Å²) in [6.07, 6.45) is 4.98. The van der Waals surface area contributed by atoms with Crippen molar-refractivity contribution in [2.45, 2.75) is 36.6 Å². The van der Waals surface area contributed by atoms with E-state index in [4.69, 9.17) is 0 Å². The third-order valence-electron chi connectivity index (χ3n) is 5.46. The number of halogens is 1. The average molecular weight is 483 g/mol. The van der Waals surface area contributed by atoms with E-state index < -0.39 is 27.7 Å². The van der Waals surface area contributed by atoms with Crippen molar-refractivity contribution < 1.29 is 22.4 Å². The molecule has 4 rings (SSSR count). The lowest BCUT2D eigenvalue weighted by atomic mass is 10.2. The molecule has 1 aliphatic rings. The van der Waals surface area contributed by atoms with Gasteiger partial charge in [-0.25, -0.2) is 17.5 Å². The van der Waals surface area contributed by atoms with Crippen molar-refractivity contribution in [3.8, 4) is 0 Å². The molecule has 3 aromatic rings. The van der Waals surface area contributed by atoms with Crippen molar-refractivity contribution in [2.75, 3.05) is 10.6 Å². The zero-order valence-corrected chi connectivity index (χ0v) is 18.9. The molecule has 1 fully saturated rings. The molecule has 0 spiro atoms. The molecule has 176 valence electrons. The molecule has 2 amide bonds. The molecule has 1 aromatic heterocycles. The predicted octanol–water partition coefficient (Wildman–Crippen LogP) is 3.95. The van der Waals surface area contributed by atoms with Gasteiger partial charge in [0.25, 0.3) is 11.8 Å². The van der Waals surface area contributed by atoms with Crippen LogP contribution in [0.5, 0.6) is 0 Å². The van der Waals surface area contributed by atoms with Crippen molar-refractivity contribution in [1.29, 1.82) is 0 Å². The maximum absolute atomic E-state index is 13.9. The molecule has 1 heterocycles. The number of anilines is 2. The van der Waals surface area contributed by atoms with Gasteiger partial charge in [0.2, 0.25) is 10.0 Å². The van der Waals surface area contributed by atoms with Gasteiger partial charge in [0.05, 0.1) is 16.3 Å². The summed E-state index contributed by atoms with van der Waals surface area (Å²) in [7, 11) is -3.79. The van der Waals surface area contributed by atoms with Crippen LogP contribution >= 0.6 is 0 Å². The number of hydrogen-bond acceptors (Lipinski definition) is 5. The Bertz CT molecular complexity index is 1310. The third kappa shape index (κ3) is 5.64. The van der Waals surface area contributed by atoms with Gasteiger partial charge in [0, 0.05) is 17.8 Å². The lowest BCUT2D eigenvalue weighted by Gasteiger charge is -2.14. The maximum Gasteiger partial charge on any atom is 0.274 e. The van der Waals surface area contributed by atoms with Crippen molar-refractivity contribution >= 4 is 33.2 Å². The van der Waals surface area contributed by atoms with E-state index in [1.54, 1.807) is 12.1 Å². The fourth-order valence-electron chi connectivity index (χ4n) is 3.74. The van der Waals surface area contributed by atoms with Gasteiger partial charge in [-0.15, -0.1) is 0 Å². The highest BCUT2D eigenvalue weighted by molar-refractivity contribution is 7.89. The Balaban J connectivity index is 1.53. The Morgan fingerprint density at radius 2 is 1.65 bits per heavy atom. The second kappa shape index (κ2) is 10.1. The molecule has 0 radical (unpaired) electrons. The Kier molecular flexibility index (Phi) is 6.99. The highest BCUT2D eigenvalue weighted by atomic mass is 32.2. The minimum atomic E-state index is -3.79. The topological polar surface area (TPSA) is 117 Å². The first-order valence-corrected chi connectivity index (χ1v) is 12.3. The minimum Gasteiger partial charge on any atom is -0.320 e. The normalized spacial score (nSPS) is 14.0. The van der Waals surface area contributed by atoms with Crippen LogP contribution in [0.4, 0.5) is 15.8 Å². The van der Waals surface area contributed by atoms with E-state index in [9.17, 15) is 22.4 Å². The summed E-state index contributed by atoms with van der Waals surface area (Å²) in [5, 5.41) is 5.15. The summed E-state index contributed by atoms with van der Waals surface area (Å²) in [4.78, 5) is 29.3. The molecule has 0 aliphatic heterocycles. The number of benzene rings is 2. The lowest BCUT2D eigenvalue weighted by molar-refractivity contribution is 0.101. The SMILES string of the molecule is O=C(Nc1cc(F)ccc1NC(=O)c1ccccn1)c1cccc(S(=O)(=O)NC2CCCC2)c1. The quantitative estimate of drug-likeness (QED) is 0.471. The maximum atomic E-state index is 13.9. The first-order chi connectivity index (χ1) is 16.3. The van der Waals surface area contributed by atoms with Gasteiger partial charge in [0.1, 0.15) is 11.5 Å². The van der Waals surface area contributed by atoms with Gasteiger partial charge in [-0.3, -0.25) is 14.6 Å². The molecule has 0 atom stereocenters. The molecule has 10 heteroatoms. The minimum absolute atomic E-state index is 0.0200. The van der Waals surface area contributed by atoms with Crippen molar-refractivity contribution in [1.82, 2.24) is 9.71 Å². The Morgan fingerprint density at radius 3 is 2.38 bits per heavy atom. The van der Waals surface area contributed by atoms with Crippen LogP contribution in [0.1, 0.15) is 46.5 Å². The Labute approximate surface area is 196 Å². The number of carbonyl (C=O) groups is 2. The molecule has 0 saturated heterocycles. The second-order valence-corrected chi connectivity index (χ2v) is 9.66. The number of amides is 2. The Hall–Kier alpha value is -3.63. The van der Waals surface area contributed by atoms with E-state index in [2.05, 4.69) is 20.3 Å². The average Bonchev–Trinajstić information content (AvgIpc) is 3.33. The number of pyridine rings is 1. The zero-order chi connectivity index (χ0) is 24.1. The van der Waals surface area contributed by atoms with Gasteiger partial charge < -0.3 is 10.6 Å². The number of rotatable bonds is 7. The van der Waals surface area contributed by atoms with Gasteiger partial charge in [-0.05, 0) is 61.4 Å². The number of aromatic nitrogens is 1. The summed E-state index contributed by atoms with van der Waals surface area (Å²) < 4.78 is 42.0. The first kappa shape index (κ1) is 23.5. The van der Waals surface area contributed by atoms with Gasteiger partial charge in [0.15, 0.2) is 0 Å². The van der Waals surface area contributed by atoms with Crippen LogP contribution in [0.3, 0.4) is 0 Å². The monoisotopic (exact) mass is 482 g/mol. The van der Waals surface area contributed by atoms with E-state index in [1.165, 1.54) is 42.6 Å². The van der Waals surface area contributed by atoms with Gasteiger partial charge in [-0.1, -0.05) is 25.0 Å². The van der Waals surface area contributed by atoms with Crippen LogP contribution in [-0.2, 0) is 10.0 Å². The van der Waals surface area contributed by atoms with Gasteiger partial charge >= 0.3 is 0 Å². The highest BCUT2D eigenvalue weighted by Crippen LogP contribution is 2.25. The fraction of sp³-hybridized carbons (Fsp3) is 0.208. The van der Waals surface area contributed by atoms with Crippen LogP contribution in [0.2, 0.25) is 0 Å². The van der Waals surface area contributed by atoms with Crippen molar-refractivity contribution in [3.05, 3.63) is 83.9 Å². The molecule has 34 heavy (non-hydrogen) atoms. The van der Waals surface area contributed by atoms with Gasteiger partial charge in [-0.2, -0.15) is 0 Å². The number of nitrogens with one attached hydrogen (secondary N) is 3. The standard InChI is InChI=1S/C24H23FN4O4S/c25-17-11-12-20(27-24(31)21-10-3-4-13-26-21)22(15-17)28-23(30)16-6-5-9-19(14-16)34(32,33)29-18-7-1-2-8-18/h3-6,9-15,18,29H,1-2,7-8H2,(H,27,31)(H,28,30). The molecule has 0 bridgehead atoms. The van der Waals surface area contributed by atoms with E-state index in [1.807, 2.05) is 0 Å². The van der Waals surface area contributed by atoms with Crippen LogP contribution < -0.4 is 15.4 Å². The van der Waals surface area contributed by atoms with E-state index >= 15 is 0 Å². The predicted molar refractivity (Wildman–Crippen MR) is 126 cm³/mol. The number of nitrogens with zero attached hydrogens (tertiary/aromatic N) is 1. The van der Waals surface area contributed by atoms with Crippen LogP contribution in [0, 0.1) is 5.82 Å². The second-order valence-electron chi connectivity index (χ2n) is 7.94. The van der Waals surface area contributed by atoms with E-state index in [0.717, 1.165) is 37.8 Å². The molecular formula is C24H23FN4O4S. The molecule has 8 nitrogen and oxygen atoms in total. The van der Waals surface area contributed by atoms with E-state index in [0.29, 0.717) is 0 Å². The summed E-state index contributed by atoms with van der Waals surface area (Å²) in [5.41, 5.74) is 0.404. The van der Waals surface area contributed by atoms with Crippen LogP contribution in [0.25, 0.3) is 0 Å². The molecule has 1 aliphatic carbocycles. The Morgan fingerprint density at radius 1 is 0.882 bits per heavy atom. The summed E-state index contributed by atoms with van der Waals surface area (Å²) in [6.45, 7) is 0. The van der Waals surface area contributed by atoms with Crippen molar-refractivity contribution in [2.24, 2.45) is 0 Å². The molecule has 2 aromatic carbocycles. The number of sulfonamides is 1. The summed E-state index contributed by atoms with van der Waals surface area (Å²) in [6, 6.07) is 13.8. The molecule has 1 saturated carbocycles. The molecule has 0 unspecified atom stereocenters. The number of hydrogen-bond donors (Lipinski definition) is 3. The largest absolute Gasteiger partial charge is 0.320 e. The first-order valence-electron chi connectivity index (χ1n) is 10.8. The molecule has 3 N–H and O–H groups in total. The van der Waals surface area contributed by atoms with Crippen molar-refractivity contribution in [3.63, 3.8) is 0 Å². The van der Waals surface area contributed by atoms with Crippen LogP contribution in [0.15, 0.2) is 71.8 Å². The summed E-state index contributed by atoms with van der Waals surface area (Å²) in [5.74, 6) is -1.81. The van der Waals surface area contributed by atoms with Crippen LogP contribution in [-0.4, -0.2) is 31.3 Å². The third-order valence-corrected chi connectivity index (χ3v) is 6.98. The fourth-order valence-corrected chi connectivity index (χ4v) is 5.09. The molecular weight excluding hydrogens is 459 g/mol. The lowest BCUT2D eigenvalue weighted by Crippen LogP contribution is -2.32. The summed E-state index contributed by atoms with van der Waals surface area (Å²) >= 11 is 0. The van der Waals surface area contributed by atoms with E-state index in [-0.39, 0.29) is 33.6 Å². The zero-order valence-electron chi connectivity index (χ0n) is 18.1.